The van der Waals surface area contributed by atoms with Gasteiger partial charge in [-0.1, -0.05) is 22.5 Å². The third-order valence-electron chi connectivity index (χ3n) is 2.95. The highest BCUT2D eigenvalue weighted by atomic mass is 79.9. The van der Waals surface area contributed by atoms with Crippen LogP contribution < -0.4 is 0 Å². The molecule has 1 aliphatic heterocycles. The molecule has 1 heterocycles. The van der Waals surface area contributed by atoms with Gasteiger partial charge in [-0.25, -0.2) is 0 Å². The zero-order chi connectivity index (χ0) is 13.0. The van der Waals surface area contributed by atoms with Crippen LogP contribution >= 0.6 is 15.9 Å². The van der Waals surface area contributed by atoms with Gasteiger partial charge in [0.25, 0.3) is 0 Å². The summed E-state index contributed by atoms with van der Waals surface area (Å²) in [4.78, 5) is 3.98. The Balaban J connectivity index is 2.03. The Morgan fingerprint density at radius 3 is 3.06 bits per heavy atom. The summed E-state index contributed by atoms with van der Waals surface area (Å²) in [5.41, 5.74) is 1.66. The average Bonchev–Trinajstić information content (AvgIpc) is 2.89. The normalized spacial score (nSPS) is 18.6. The molecule has 2 rings (SSSR count). The standard InChI is InChI=1S/C14H16BrNO2/c1-10(18-9-11-5-6-17-8-11)13-7-12(15)3-4-14(13)16-2/h3-4,7,11H,1-2,5-6,8-9H2. The summed E-state index contributed by atoms with van der Waals surface area (Å²) in [5, 5.41) is 0. The summed E-state index contributed by atoms with van der Waals surface area (Å²) < 4.78 is 12.0. The van der Waals surface area contributed by atoms with E-state index in [9.17, 15) is 0 Å². The van der Waals surface area contributed by atoms with Crippen molar-refractivity contribution in [1.82, 2.24) is 0 Å². The van der Waals surface area contributed by atoms with E-state index in [4.69, 9.17) is 9.47 Å². The predicted octanol–water partition coefficient (Wildman–Crippen LogP) is 3.81. The molecule has 0 N–H and O–H groups in total. The van der Waals surface area contributed by atoms with Gasteiger partial charge in [0.2, 0.25) is 0 Å². The summed E-state index contributed by atoms with van der Waals surface area (Å²) in [6.07, 6.45) is 1.05. The Labute approximate surface area is 116 Å². The molecular weight excluding hydrogens is 294 g/mol. The Morgan fingerprint density at radius 2 is 2.39 bits per heavy atom. The fourth-order valence-electron chi connectivity index (χ4n) is 1.88. The molecule has 1 aliphatic rings. The molecule has 1 aromatic carbocycles. The van der Waals surface area contributed by atoms with Gasteiger partial charge in [-0.15, -0.1) is 0 Å². The molecule has 4 heteroatoms. The average molecular weight is 310 g/mol. The monoisotopic (exact) mass is 309 g/mol. The molecule has 1 saturated heterocycles. The van der Waals surface area contributed by atoms with Crippen LogP contribution in [0, 0.1) is 5.92 Å². The van der Waals surface area contributed by atoms with Crippen molar-refractivity contribution < 1.29 is 9.47 Å². The largest absolute Gasteiger partial charge is 0.493 e. The molecular formula is C14H16BrNO2. The third kappa shape index (κ3) is 3.21. The first-order valence-electron chi connectivity index (χ1n) is 5.87. The number of hydrogen-bond acceptors (Lipinski definition) is 3. The lowest BCUT2D eigenvalue weighted by Gasteiger charge is -2.14. The highest BCUT2D eigenvalue weighted by molar-refractivity contribution is 9.10. The lowest BCUT2D eigenvalue weighted by molar-refractivity contribution is 0.159. The Hall–Kier alpha value is -1.13. The topological polar surface area (TPSA) is 30.8 Å². The van der Waals surface area contributed by atoms with E-state index in [0.29, 0.717) is 18.3 Å². The first-order valence-corrected chi connectivity index (χ1v) is 6.66. The molecule has 96 valence electrons. The van der Waals surface area contributed by atoms with Crippen molar-refractivity contribution in [3.63, 3.8) is 0 Å². The molecule has 18 heavy (non-hydrogen) atoms. The van der Waals surface area contributed by atoms with Crippen LogP contribution in [-0.4, -0.2) is 26.5 Å². The second-order valence-electron chi connectivity index (χ2n) is 4.28. The molecule has 1 unspecified atom stereocenters. The highest BCUT2D eigenvalue weighted by Gasteiger charge is 2.17. The third-order valence-corrected chi connectivity index (χ3v) is 3.44. The summed E-state index contributed by atoms with van der Waals surface area (Å²) >= 11 is 3.43. The van der Waals surface area contributed by atoms with Gasteiger partial charge < -0.3 is 9.47 Å². The quantitative estimate of drug-likeness (QED) is 0.612. The van der Waals surface area contributed by atoms with Crippen molar-refractivity contribution >= 4 is 34.1 Å². The minimum absolute atomic E-state index is 0.467. The van der Waals surface area contributed by atoms with Crippen LogP contribution in [-0.2, 0) is 9.47 Å². The first-order chi connectivity index (χ1) is 8.70. The number of hydrogen-bond donors (Lipinski definition) is 0. The van der Waals surface area contributed by atoms with Crippen molar-refractivity contribution in [3.8, 4) is 0 Å². The molecule has 0 spiro atoms. The van der Waals surface area contributed by atoms with E-state index < -0.39 is 0 Å². The SMILES string of the molecule is C=Nc1ccc(Br)cc1C(=C)OCC1CCOC1. The fourth-order valence-corrected chi connectivity index (χ4v) is 2.24. The zero-order valence-electron chi connectivity index (χ0n) is 10.2. The van der Waals surface area contributed by atoms with Gasteiger partial charge in [-0.3, -0.25) is 4.99 Å². The number of aliphatic imine (C=N–C) groups is 1. The Kier molecular flexibility index (Phi) is 4.55. The molecule has 3 nitrogen and oxygen atoms in total. The van der Waals surface area contributed by atoms with Gasteiger partial charge in [0, 0.05) is 22.6 Å². The van der Waals surface area contributed by atoms with E-state index in [0.717, 1.165) is 35.4 Å². The van der Waals surface area contributed by atoms with Gasteiger partial charge in [-0.05, 0) is 31.3 Å². The molecule has 0 aromatic heterocycles. The molecule has 0 aliphatic carbocycles. The molecule has 0 radical (unpaired) electrons. The maximum absolute atomic E-state index is 5.73. The van der Waals surface area contributed by atoms with Crippen LogP contribution in [0.4, 0.5) is 5.69 Å². The van der Waals surface area contributed by atoms with Gasteiger partial charge in [0.15, 0.2) is 0 Å². The number of nitrogens with zero attached hydrogens (tertiary/aromatic N) is 1. The summed E-state index contributed by atoms with van der Waals surface area (Å²) in [6, 6.07) is 5.75. The molecule has 1 atom stereocenters. The van der Waals surface area contributed by atoms with Crippen LogP contribution in [0.15, 0.2) is 34.2 Å². The van der Waals surface area contributed by atoms with E-state index >= 15 is 0 Å². The van der Waals surface area contributed by atoms with E-state index in [1.807, 2.05) is 18.2 Å². The number of rotatable bonds is 5. The molecule has 0 saturated carbocycles. The minimum Gasteiger partial charge on any atom is -0.493 e. The van der Waals surface area contributed by atoms with Crippen molar-refractivity contribution in [2.75, 3.05) is 19.8 Å². The van der Waals surface area contributed by atoms with E-state index in [1.165, 1.54) is 0 Å². The van der Waals surface area contributed by atoms with E-state index in [1.54, 1.807) is 0 Å². The summed E-state index contributed by atoms with van der Waals surface area (Å²) in [6.45, 7) is 9.77. The number of benzene rings is 1. The van der Waals surface area contributed by atoms with Crippen LogP contribution in [0.3, 0.4) is 0 Å². The van der Waals surface area contributed by atoms with Gasteiger partial charge in [0.05, 0.1) is 18.9 Å². The highest BCUT2D eigenvalue weighted by Crippen LogP contribution is 2.29. The lowest BCUT2D eigenvalue weighted by atomic mass is 10.1. The lowest BCUT2D eigenvalue weighted by Crippen LogP contribution is -2.08. The smallest absolute Gasteiger partial charge is 0.121 e. The maximum atomic E-state index is 5.73. The molecule has 1 fully saturated rings. The van der Waals surface area contributed by atoms with Crippen LogP contribution in [0.2, 0.25) is 0 Å². The number of ether oxygens (including phenoxy) is 2. The van der Waals surface area contributed by atoms with Crippen LogP contribution in [0.25, 0.3) is 5.76 Å². The Bertz CT molecular complexity index is 453. The van der Waals surface area contributed by atoms with Gasteiger partial charge in [0.1, 0.15) is 5.76 Å². The van der Waals surface area contributed by atoms with E-state index in [2.05, 4.69) is 34.2 Å². The molecule has 0 amide bonds. The second kappa shape index (κ2) is 6.16. The van der Waals surface area contributed by atoms with Crippen molar-refractivity contribution in [2.24, 2.45) is 10.9 Å². The van der Waals surface area contributed by atoms with Gasteiger partial charge >= 0.3 is 0 Å². The summed E-state index contributed by atoms with van der Waals surface area (Å²) in [7, 11) is 0. The predicted molar refractivity (Wildman–Crippen MR) is 77.3 cm³/mol. The molecule has 1 aromatic rings. The van der Waals surface area contributed by atoms with E-state index in [-0.39, 0.29) is 0 Å². The van der Waals surface area contributed by atoms with Crippen LogP contribution in [0.1, 0.15) is 12.0 Å². The molecule has 0 bridgehead atoms. The first kappa shape index (κ1) is 13.3. The van der Waals surface area contributed by atoms with Crippen molar-refractivity contribution in [3.05, 3.63) is 34.8 Å². The fraction of sp³-hybridized carbons (Fsp3) is 0.357. The number of halogens is 1. The van der Waals surface area contributed by atoms with Crippen LogP contribution in [0.5, 0.6) is 0 Å². The maximum Gasteiger partial charge on any atom is 0.121 e. The second-order valence-corrected chi connectivity index (χ2v) is 5.20. The minimum atomic E-state index is 0.467. The van der Waals surface area contributed by atoms with Crippen molar-refractivity contribution in [1.29, 1.82) is 0 Å². The Morgan fingerprint density at radius 1 is 1.56 bits per heavy atom. The van der Waals surface area contributed by atoms with Gasteiger partial charge in [-0.2, -0.15) is 0 Å². The zero-order valence-corrected chi connectivity index (χ0v) is 11.8. The summed E-state index contributed by atoms with van der Waals surface area (Å²) in [5.74, 6) is 1.10. The van der Waals surface area contributed by atoms with Crippen molar-refractivity contribution in [2.45, 2.75) is 6.42 Å².